The predicted molar refractivity (Wildman–Crippen MR) is 159 cm³/mol. The first-order valence-corrected chi connectivity index (χ1v) is 14.4. The number of rotatable bonds is 10. The summed E-state index contributed by atoms with van der Waals surface area (Å²) in [5, 5.41) is 11.3. The van der Waals surface area contributed by atoms with Crippen LogP contribution in [0, 0.1) is 5.92 Å². The third kappa shape index (κ3) is 6.76. The van der Waals surface area contributed by atoms with Gasteiger partial charge in [-0.1, -0.05) is 123 Å². The average Bonchev–Trinajstić information content (AvgIpc) is 2.99. The van der Waals surface area contributed by atoms with Crippen molar-refractivity contribution in [3.8, 4) is 5.75 Å². The molecule has 4 aromatic carbocycles. The lowest BCUT2D eigenvalue weighted by atomic mass is 9.83. The highest BCUT2D eigenvalue weighted by Crippen LogP contribution is 2.43. The minimum Gasteiger partial charge on any atom is -0.506 e. The average molecular weight is 557 g/mol. The smallest absolute Gasteiger partial charge is 0.134 e. The van der Waals surface area contributed by atoms with Gasteiger partial charge in [0, 0.05) is 5.92 Å². The van der Waals surface area contributed by atoms with Gasteiger partial charge in [0.1, 0.15) is 18.0 Å². The molecule has 0 amide bonds. The number of hydrogen-bond acceptors (Lipinski definition) is 4. The molecule has 0 saturated carbocycles. The van der Waals surface area contributed by atoms with Crippen molar-refractivity contribution in [1.29, 1.82) is 0 Å². The van der Waals surface area contributed by atoms with Gasteiger partial charge in [-0.05, 0) is 46.7 Å². The van der Waals surface area contributed by atoms with Crippen LogP contribution in [-0.4, -0.2) is 23.4 Å². The van der Waals surface area contributed by atoms with Crippen LogP contribution in [0.4, 0.5) is 0 Å². The van der Waals surface area contributed by atoms with Crippen LogP contribution < -0.4 is 0 Å². The number of halogens is 1. The van der Waals surface area contributed by atoms with Crippen molar-refractivity contribution in [2.24, 2.45) is 5.92 Å². The van der Waals surface area contributed by atoms with Gasteiger partial charge in [0.15, 0.2) is 0 Å². The zero-order valence-corrected chi connectivity index (χ0v) is 23.8. The van der Waals surface area contributed by atoms with Crippen molar-refractivity contribution in [1.82, 2.24) is 0 Å². The first kappa shape index (κ1) is 28.4. The lowest BCUT2D eigenvalue weighted by Gasteiger charge is -2.46. The molecule has 40 heavy (non-hydrogen) atoms. The van der Waals surface area contributed by atoms with Crippen LogP contribution in [0.25, 0.3) is 0 Å². The summed E-state index contributed by atoms with van der Waals surface area (Å²) in [5.41, 5.74) is 5.00. The van der Waals surface area contributed by atoms with Gasteiger partial charge in [0.2, 0.25) is 0 Å². The lowest BCUT2D eigenvalue weighted by molar-refractivity contribution is -0.234. The molecule has 5 rings (SSSR count). The van der Waals surface area contributed by atoms with E-state index in [2.05, 4.69) is 56.3 Å². The van der Waals surface area contributed by atoms with Gasteiger partial charge in [0.25, 0.3) is 0 Å². The summed E-state index contributed by atoms with van der Waals surface area (Å²) in [4.78, 5) is 0. The summed E-state index contributed by atoms with van der Waals surface area (Å²) < 4.78 is 20.1. The number of phenols is 1. The maximum atomic E-state index is 10.9. The van der Waals surface area contributed by atoms with Crippen LogP contribution in [-0.2, 0) is 33.8 Å². The molecule has 1 saturated heterocycles. The molecular formula is C35H37ClO4. The Balaban J connectivity index is 1.50. The minimum atomic E-state index is -0.441. The fourth-order valence-electron chi connectivity index (χ4n) is 5.57. The summed E-state index contributed by atoms with van der Waals surface area (Å²) in [6.07, 6.45) is 0.353. The number of phenolic OH excluding ortho intramolecular Hbond substituents is 1. The van der Waals surface area contributed by atoms with Crippen molar-refractivity contribution < 1.29 is 19.3 Å². The van der Waals surface area contributed by atoms with Crippen LogP contribution in [0.1, 0.15) is 54.2 Å². The van der Waals surface area contributed by atoms with Crippen LogP contribution in [0.3, 0.4) is 0 Å². The Hall–Kier alpha value is -3.15. The Bertz CT molecular complexity index is 1350. The molecule has 0 aliphatic carbocycles. The summed E-state index contributed by atoms with van der Waals surface area (Å²) >= 11 is 6.61. The number of aromatic hydroxyl groups is 1. The fourth-order valence-corrected chi connectivity index (χ4v) is 5.75. The van der Waals surface area contributed by atoms with E-state index in [1.165, 1.54) is 0 Å². The maximum absolute atomic E-state index is 10.9. The van der Waals surface area contributed by atoms with Gasteiger partial charge in [0.05, 0.1) is 30.4 Å². The van der Waals surface area contributed by atoms with Gasteiger partial charge in [-0.25, -0.2) is 0 Å². The van der Waals surface area contributed by atoms with Crippen molar-refractivity contribution in [3.05, 3.63) is 136 Å². The topological polar surface area (TPSA) is 47.9 Å². The first-order chi connectivity index (χ1) is 19.5. The molecule has 0 radical (unpaired) electrons. The summed E-state index contributed by atoms with van der Waals surface area (Å²) in [5.74, 6) is 0.152. The van der Waals surface area contributed by atoms with E-state index in [1.54, 1.807) is 6.07 Å². The van der Waals surface area contributed by atoms with Crippen molar-refractivity contribution in [2.45, 2.75) is 64.3 Å². The van der Waals surface area contributed by atoms with E-state index >= 15 is 0 Å². The van der Waals surface area contributed by atoms with Crippen LogP contribution in [0.2, 0.25) is 5.02 Å². The highest BCUT2D eigenvalue weighted by molar-refractivity contribution is 6.32. The van der Waals surface area contributed by atoms with Gasteiger partial charge in [-0.2, -0.15) is 0 Å². The Morgan fingerprint density at radius 3 is 1.82 bits per heavy atom. The quantitative estimate of drug-likeness (QED) is 0.213. The molecular weight excluding hydrogens is 520 g/mol. The van der Waals surface area contributed by atoms with Crippen molar-refractivity contribution in [2.75, 3.05) is 0 Å². The second-order valence-corrected chi connectivity index (χ2v) is 10.9. The van der Waals surface area contributed by atoms with Crippen LogP contribution in [0.15, 0.2) is 103 Å². The van der Waals surface area contributed by atoms with Gasteiger partial charge < -0.3 is 19.3 Å². The summed E-state index contributed by atoms with van der Waals surface area (Å²) in [7, 11) is 0. The fraction of sp³-hybridized carbons (Fsp3) is 0.314. The molecule has 5 atom stereocenters. The minimum absolute atomic E-state index is 0.0299. The number of hydrogen-bond donors (Lipinski definition) is 1. The van der Waals surface area contributed by atoms with E-state index in [-0.39, 0.29) is 23.9 Å². The van der Waals surface area contributed by atoms with E-state index in [1.807, 2.05) is 54.6 Å². The number of benzene rings is 4. The SMILES string of the molecule is CC[C@H]1O[C@@H](c2cc(O)c(Cl)c(Cc3ccccc3)c2)[C@H](OCc2ccccc2)[C@@H](OCc2ccccc2)[C@@H]1C. The molecule has 1 aliphatic rings. The number of ether oxygens (including phenoxy) is 3. The highest BCUT2D eigenvalue weighted by atomic mass is 35.5. The summed E-state index contributed by atoms with van der Waals surface area (Å²) in [6.45, 7) is 5.22. The molecule has 1 fully saturated rings. The van der Waals surface area contributed by atoms with E-state index in [0.717, 1.165) is 34.2 Å². The van der Waals surface area contributed by atoms with Crippen molar-refractivity contribution >= 4 is 11.6 Å². The van der Waals surface area contributed by atoms with Crippen molar-refractivity contribution in [3.63, 3.8) is 0 Å². The zero-order valence-electron chi connectivity index (χ0n) is 23.1. The Morgan fingerprint density at radius 1 is 0.750 bits per heavy atom. The highest BCUT2D eigenvalue weighted by Gasteiger charge is 2.45. The van der Waals surface area contributed by atoms with Crippen LogP contribution >= 0.6 is 11.6 Å². The largest absolute Gasteiger partial charge is 0.506 e. The van der Waals surface area contributed by atoms with Gasteiger partial charge in [-0.3, -0.25) is 0 Å². The molecule has 4 nitrogen and oxygen atoms in total. The van der Waals surface area contributed by atoms with E-state index < -0.39 is 12.2 Å². The van der Waals surface area contributed by atoms with E-state index in [0.29, 0.717) is 24.7 Å². The maximum Gasteiger partial charge on any atom is 0.134 e. The molecule has 0 spiro atoms. The van der Waals surface area contributed by atoms with Gasteiger partial charge in [-0.15, -0.1) is 0 Å². The Kier molecular flexibility index (Phi) is 9.56. The molecule has 5 heteroatoms. The monoisotopic (exact) mass is 556 g/mol. The van der Waals surface area contributed by atoms with E-state index in [9.17, 15) is 5.11 Å². The summed E-state index contributed by atoms with van der Waals surface area (Å²) in [6, 6.07) is 34.3. The predicted octanol–water partition coefficient (Wildman–Crippen LogP) is 8.29. The Morgan fingerprint density at radius 2 is 1.27 bits per heavy atom. The lowest BCUT2D eigenvalue weighted by Crippen LogP contribution is -2.51. The molecule has 0 unspecified atom stereocenters. The van der Waals surface area contributed by atoms with Gasteiger partial charge >= 0.3 is 0 Å². The second kappa shape index (κ2) is 13.5. The normalized spacial score (nSPS) is 22.7. The molecule has 208 valence electrons. The zero-order chi connectivity index (χ0) is 27.9. The second-order valence-electron chi connectivity index (χ2n) is 10.6. The standard InChI is InChI=1S/C35H37ClO4/c1-3-31-24(2)33(38-22-26-15-9-5-10-16-26)35(39-23-27-17-11-6-12-18-27)34(40-31)29-20-28(32(36)30(37)21-29)19-25-13-7-4-8-14-25/h4-18,20-21,24,31,33-35,37H,3,19,22-23H2,1-2H3/t24-,31-,33+,34+,35-/m1/s1. The third-order valence-electron chi connectivity index (χ3n) is 7.74. The molecule has 4 aromatic rings. The molecule has 0 bridgehead atoms. The molecule has 1 N–H and O–H groups in total. The Labute approximate surface area is 242 Å². The molecule has 1 aliphatic heterocycles. The first-order valence-electron chi connectivity index (χ1n) is 14.0. The van der Waals surface area contributed by atoms with E-state index in [4.69, 9.17) is 25.8 Å². The third-order valence-corrected chi connectivity index (χ3v) is 8.17. The molecule has 1 heterocycles. The molecule has 0 aromatic heterocycles. The van der Waals surface area contributed by atoms with Crippen LogP contribution in [0.5, 0.6) is 5.75 Å².